The molecule has 0 aromatic heterocycles. The zero-order valence-electron chi connectivity index (χ0n) is 7.94. The second-order valence-electron chi connectivity index (χ2n) is 3.04. The maximum Gasteiger partial charge on any atom is 0.426 e. The monoisotopic (exact) mass is 202 g/mol. The number of nitrogens with two attached hydrogens (primary N) is 1. The number of hydrazine groups is 1. The van der Waals surface area contributed by atoms with Crippen molar-refractivity contribution in [2.45, 2.75) is 0 Å². The van der Waals surface area contributed by atoms with Gasteiger partial charge in [-0.05, 0) is 22.9 Å². The Morgan fingerprint density at radius 2 is 1.87 bits per heavy atom. The molecule has 3 N–H and O–H groups in total. The predicted octanol–water partition coefficient (Wildman–Crippen LogP) is 1.80. The summed E-state index contributed by atoms with van der Waals surface area (Å²) >= 11 is 0. The molecule has 1 amide bonds. The largest absolute Gasteiger partial charge is 0.426 e. The van der Waals surface area contributed by atoms with Crippen LogP contribution in [-0.2, 0) is 0 Å². The Balaban J connectivity index is 2.34. The summed E-state index contributed by atoms with van der Waals surface area (Å²) in [7, 11) is 0. The molecule has 0 atom stereocenters. The maximum absolute atomic E-state index is 10.9. The van der Waals surface area contributed by atoms with Crippen LogP contribution in [-0.4, -0.2) is 6.09 Å². The van der Waals surface area contributed by atoms with Crippen molar-refractivity contribution in [2.24, 2.45) is 5.84 Å². The number of fused-ring (bicyclic) bond motifs is 1. The van der Waals surface area contributed by atoms with Gasteiger partial charge in [-0.25, -0.2) is 10.6 Å². The van der Waals surface area contributed by atoms with Crippen molar-refractivity contribution in [2.75, 3.05) is 0 Å². The maximum atomic E-state index is 10.9. The van der Waals surface area contributed by atoms with Crippen LogP contribution in [0.4, 0.5) is 4.79 Å². The van der Waals surface area contributed by atoms with E-state index in [1.807, 2.05) is 35.8 Å². The summed E-state index contributed by atoms with van der Waals surface area (Å²) in [5, 5.41) is 2.11. The minimum Gasteiger partial charge on any atom is -0.409 e. The molecule has 2 rings (SSSR count). The highest BCUT2D eigenvalue weighted by Crippen LogP contribution is 2.20. The molecule has 0 aliphatic carbocycles. The number of rotatable bonds is 1. The van der Waals surface area contributed by atoms with Gasteiger partial charge in [0.2, 0.25) is 0 Å². The molecule has 2 aromatic carbocycles. The average Bonchev–Trinajstić information content (AvgIpc) is 2.29. The standard InChI is InChI=1S/C11H10N2O2/c12-13-11(14)15-10-6-5-8-3-1-2-4-9(8)7-10/h1-7H,12H2,(H,13,14). The van der Waals surface area contributed by atoms with Crippen LogP contribution in [0.1, 0.15) is 0 Å². The third-order valence-corrected chi connectivity index (χ3v) is 2.05. The Morgan fingerprint density at radius 1 is 1.13 bits per heavy atom. The van der Waals surface area contributed by atoms with Gasteiger partial charge in [0.15, 0.2) is 0 Å². The van der Waals surface area contributed by atoms with Gasteiger partial charge in [0.1, 0.15) is 5.75 Å². The summed E-state index contributed by atoms with van der Waals surface area (Å²) in [6, 6.07) is 13.2. The topological polar surface area (TPSA) is 64.3 Å². The first kappa shape index (κ1) is 9.48. The number of hydrogen-bond acceptors (Lipinski definition) is 3. The summed E-state index contributed by atoms with van der Waals surface area (Å²) in [6.07, 6.45) is -0.676. The highest BCUT2D eigenvalue weighted by Gasteiger charge is 2.01. The lowest BCUT2D eigenvalue weighted by molar-refractivity contribution is 0.201. The lowest BCUT2D eigenvalue weighted by atomic mass is 10.1. The van der Waals surface area contributed by atoms with Gasteiger partial charge in [-0.15, -0.1) is 0 Å². The highest BCUT2D eigenvalue weighted by molar-refractivity contribution is 5.84. The molecular weight excluding hydrogens is 192 g/mol. The molecule has 0 fully saturated rings. The van der Waals surface area contributed by atoms with E-state index in [2.05, 4.69) is 0 Å². The normalized spacial score (nSPS) is 9.93. The first-order valence-electron chi connectivity index (χ1n) is 4.47. The molecular formula is C11H10N2O2. The first-order chi connectivity index (χ1) is 7.29. The second kappa shape index (κ2) is 3.98. The van der Waals surface area contributed by atoms with Crippen LogP contribution in [0.3, 0.4) is 0 Å². The molecule has 0 saturated heterocycles. The van der Waals surface area contributed by atoms with Crippen molar-refractivity contribution < 1.29 is 9.53 Å². The molecule has 4 heteroatoms. The molecule has 2 aromatic rings. The zero-order valence-corrected chi connectivity index (χ0v) is 7.94. The van der Waals surface area contributed by atoms with Gasteiger partial charge in [-0.2, -0.15) is 0 Å². The van der Waals surface area contributed by atoms with Gasteiger partial charge in [0.25, 0.3) is 0 Å². The Hall–Kier alpha value is -2.07. The predicted molar refractivity (Wildman–Crippen MR) is 57.3 cm³/mol. The summed E-state index contributed by atoms with van der Waals surface area (Å²) in [5.74, 6) is 5.38. The SMILES string of the molecule is NNC(=O)Oc1ccc2ccccc2c1. The summed E-state index contributed by atoms with van der Waals surface area (Å²) < 4.78 is 4.90. The van der Waals surface area contributed by atoms with Crippen LogP contribution in [0.15, 0.2) is 42.5 Å². The number of nitrogens with one attached hydrogen (secondary N) is 1. The minimum absolute atomic E-state index is 0.469. The lowest BCUT2D eigenvalue weighted by Gasteiger charge is -2.04. The fourth-order valence-corrected chi connectivity index (χ4v) is 1.37. The molecule has 0 aliphatic heterocycles. The molecule has 0 bridgehead atoms. The van der Waals surface area contributed by atoms with Gasteiger partial charge in [0.05, 0.1) is 0 Å². The summed E-state index contributed by atoms with van der Waals surface area (Å²) in [6.45, 7) is 0. The molecule has 76 valence electrons. The van der Waals surface area contributed by atoms with E-state index in [9.17, 15) is 4.79 Å². The van der Waals surface area contributed by atoms with Gasteiger partial charge in [-0.3, -0.25) is 5.43 Å². The van der Waals surface area contributed by atoms with Crippen molar-refractivity contribution in [3.05, 3.63) is 42.5 Å². The van der Waals surface area contributed by atoms with Crippen LogP contribution >= 0.6 is 0 Å². The molecule has 0 radical (unpaired) electrons. The smallest absolute Gasteiger partial charge is 0.409 e. The van der Waals surface area contributed by atoms with Crippen LogP contribution in [0.2, 0.25) is 0 Å². The summed E-state index contributed by atoms with van der Waals surface area (Å²) in [5.41, 5.74) is 1.90. The molecule has 0 spiro atoms. The quantitative estimate of drug-likeness (QED) is 0.421. The van der Waals surface area contributed by atoms with E-state index < -0.39 is 6.09 Å². The van der Waals surface area contributed by atoms with Crippen molar-refractivity contribution >= 4 is 16.9 Å². The molecule has 0 unspecified atom stereocenters. The lowest BCUT2D eigenvalue weighted by Crippen LogP contribution is -2.32. The van der Waals surface area contributed by atoms with Gasteiger partial charge in [-0.1, -0.05) is 30.3 Å². The molecule has 4 nitrogen and oxygen atoms in total. The van der Waals surface area contributed by atoms with E-state index in [1.54, 1.807) is 12.1 Å². The number of hydrogen-bond donors (Lipinski definition) is 2. The Morgan fingerprint density at radius 3 is 2.60 bits per heavy atom. The van der Waals surface area contributed by atoms with Gasteiger partial charge < -0.3 is 4.74 Å². The zero-order chi connectivity index (χ0) is 10.7. The molecule has 15 heavy (non-hydrogen) atoms. The van der Waals surface area contributed by atoms with Gasteiger partial charge >= 0.3 is 6.09 Å². The van der Waals surface area contributed by atoms with E-state index in [0.717, 1.165) is 10.8 Å². The number of benzene rings is 2. The number of ether oxygens (including phenoxy) is 1. The highest BCUT2D eigenvalue weighted by atomic mass is 16.6. The van der Waals surface area contributed by atoms with Crippen molar-refractivity contribution in [1.82, 2.24) is 5.43 Å². The second-order valence-corrected chi connectivity index (χ2v) is 3.04. The van der Waals surface area contributed by atoms with Crippen molar-refractivity contribution in [3.8, 4) is 5.75 Å². The van der Waals surface area contributed by atoms with E-state index in [4.69, 9.17) is 10.6 Å². The van der Waals surface area contributed by atoms with E-state index >= 15 is 0 Å². The minimum atomic E-state index is -0.676. The molecule has 0 saturated carbocycles. The third kappa shape index (κ3) is 2.05. The van der Waals surface area contributed by atoms with Crippen LogP contribution in [0, 0.1) is 0 Å². The van der Waals surface area contributed by atoms with Crippen molar-refractivity contribution in [1.29, 1.82) is 0 Å². The van der Waals surface area contributed by atoms with Crippen molar-refractivity contribution in [3.63, 3.8) is 0 Å². The Bertz CT molecular complexity index is 497. The van der Waals surface area contributed by atoms with Crippen LogP contribution in [0.5, 0.6) is 5.75 Å². The van der Waals surface area contributed by atoms with Gasteiger partial charge in [0, 0.05) is 0 Å². The van der Waals surface area contributed by atoms with E-state index in [-0.39, 0.29) is 0 Å². The Kier molecular flexibility index (Phi) is 2.51. The fraction of sp³-hybridized carbons (Fsp3) is 0. The number of amides is 1. The fourth-order valence-electron chi connectivity index (χ4n) is 1.37. The Labute approximate surface area is 86.6 Å². The number of carbonyl (C=O) groups excluding carboxylic acids is 1. The molecule has 0 heterocycles. The van der Waals surface area contributed by atoms with Crippen LogP contribution in [0.25, 0.3) is 10.8 Å². The third-order valence-electron chi connectivity index (χ3n) is 2.05. The van der Waals surface area contributed by atoms with E-state index in [1.165, 1.54) is 0 Å². The summed E-state index contributed by atoms with van der Waals surface area (Å²) in [4.78, 5) is 10.9. The van der Waals surface area contributed by atoms with Crippen LogP contribution < -0.4 is 16.0 Å². The first-order valence-corrected chi connectivity index (χ1v) is 4.47. The average molecular weight is 202 g/mol. The number of carbonyl (C=O) groups is 1. The van der Waals surface area contributed by atoms with E-state index in [0.29, 0.717) is 5.75 Å². The molecule has 0 aliphatic rings.